The minimum Gasteiger partial charge on any atom is -0.495 e. The predicted octanol–water partition coefficient (Wildman–Crippen LogP) is 2.64. The summed E-state index contributed by atoms with van der Waals surface area (Å²) in [5.74, 6) is -1.29. The fourth-order valence-corrected chi connectivity index (χ4v) is 1.74. The Balaban J connectivity index is 2.15. The van der Waals surface area contributed by atoms with E-state index in [1.807, 2.05) is 0 Å². The molecule has 19 heavy (non-hydrogen) atoms. The molecular weight excluding hydrogens is 252 g/mol. The number of aliphatic hydroxyl groups is 1. The maximum absolute atomic E-state index is 13.1. The number of aromatic nitrogens is 1. The van der Waals surface area contributed by atoms with E-state index in [0.717, 1.165) is 12.1 Å². The normalized spacial score (nSPS) is 12.2. The molecule has 0 aliphatic heterocycles. The van der Waals surface area contributed by atoms with Crippen LogP contribution in [-0.4, -0.2) is 17.2 Å². The lowest BCUT2D eigenvalue weighted by Crippen LogP contribution is -2.03. The first kappa shape index (κ1) is 13.4. The van der Waals surface area contributed by atoms with E-state index in [-0.39, 0.29) is 6.42 Å². The van der Waals surface area contributed by atoms with Gasteiger partial charge in [0.15, 0.2) is 11.6 Å². The molecule has 1 aromatic carbocycles. The van der Waals surface area contributed by atoms with E-state index in [1.165, 1.54) is 25.6 Å². The second-order valence-electron chi connectivity index (χ2n) is 4.13. The Morgan fingerprint density at radius 1 is 1.21 bits per heavy atom. The molecule has 0 saturated heterocycles. The highest BCUT2D eigenvalue weighted by molar-refractivity contribution is 5.27. The van der Waals surface area contributed by atoms with Crippen molar-refractivity contribution in [2.75, 3.05) is 7.11 Å². The number of benzene rings is 1. The summed E-state index contributed by atoms with van der Waals surface area (Å²) < 4.78 is 30.9. The monoisotopic (exact) mass is 265 g/mol. The second kappa shape index (κ2) is 5.75. The van der Waals surface area contributed by atoms with Crippen LogP contribution in [-0.2, 0) is 6.42 Å². The molecule has 100 valence electrons. The van der Waals surface area contributed by atoms with Gasteiger partial charge in [-0.05, 0) is 23.8 Å². The second-order valence-corrected chi connectivity index (χ2v) is 4.13. The van der Waals surface area contributed by atoms with Crippen molar-refractivity contribution < 1.29 is 18.6 Å². The van der Waals surface area contributed by atoms with Crippen molar-refractivity contribution in [3.63, 3.8) is 0 Å². The van der Waals surface area contributed by atoms with Crippen LogP contribution in [0.25, 0.3) is 0 Å². The average Bonchev–Trinajstić information content (AvgIpc) is 2.43. The maximum atomic E-state index is 13.1. The highest BCUT2D eigenvalue weighted by atomic mass is 19.2. The van der Waals surface area contributed by atoms with Gasteiger partial charge in [0, 0.05) is 18.2 Å². The Hall–Kier alpha value is -2.01. The molecule has 0 radical (unpaired) electrons. The van der Waals surface area contributed by atoms with Crippen molar-refractivity contribution in [2.24, 2.45) is 0 Å². The molecule has 0 fully saturated rings. The standard InChI is InChI=1S/C14H13F2NO2/c1-19-11-6-10(7-17-8-11)14(18)5-9-2-3-12(15)13(16)4-9/h2-4,6-8,14,18H,5H2,1H3. The van der Waals surface area contributed by atoms with E-state index in [1.54, 1.807) is 6.07 Å². The molecule has 0 aliphatic rings. The maximum Gasteiger partial charge on any atom is 0.159 e. The number of rotatable bonds is 4. The van der Waals surface area contributed by atoms with Gasteiger partial charge in [-0.2, -0.15) is 0 Å². The Kier molecular flexibility index (Phi) is 4.06. The van der Waals surface area contributed by atoms with Gasteiger partial charge >= 0.3 is 0 Å². The average molecular weight is 265 g/mol. The number of methoxy groups -OCH3 is 1. The predicted molar refractivity (Wildman–Crippen MR) is 65.8 cm³/mol. The third-order valence-electron chi connectivity index (χ3n) is 2.77. The summed E-state index contributed by atoms with van der Waals surface area (Å²) >= 11 is 0. The zero-order chi connectivity index (χ0) is 13.8. The van der Waals surface area contributed by atoms with Gasteiger partial charge in [-0.1, -0.05) is 6.07 Å². The first-order chi connectivity index (χ1) is 9.10. The molecule has 0 aliphatic carbocycles. The van der Waals surface area contributed by atoms with Crippen molar-refractivity contribution in [2.45, 2.75) is 12.5 Å². The van der Waals surface area contributed by atoms with Crippen LogP contribution in [0.5, 0.6) is 5.75 Å². The van der Waals surface area contributed by atoms with Crippen LogP contribution < -0.4 is 4.74 Å². The van der Waals surface area contributed by atoms with E-state index in [9.17, 15) is 13.9 Å². The minimum atomic E-state index is -0.923. The van der Waals surface area contributed by atoms with E-state index in [2.05, 4.69) is 4.98 Å². The van der Waals surface area contributed by atoms with Crippen molar-refractivity contribution in [3.05, 3.63) is 59.4 Å². The van der Waals surface area contributed by atoms with Crippen LogP contribution in [0.4, 0.5) is 8.78 Å². The number of hydrogen-bond acceptors (Lipinski definition) is 3. The summed E-state index contributed by atoms with van der Waals surface area (Å²) in [6.45, 7) is 0. The molecule has 0 spiro atoms. The Morgan fingerprint density at radius 3 is 2.68 bits per heavy atom. The first-order valence-corrected chi connectivity index (χ1v) is 5.71. The van der Waals surface area contributed by atoms with E-state index >= 15 is 0 Å². The van der Waals surface area contributed by atoms with Gasteiger partial charge in [0.1, 0.15) is 5.75 Å². The highest BCUT2D eigenvalue weighted by Gasteiger charge is 2.11. The number of hydrogen-bond donors (Lipinski definition) is 1. The molecule has 2 rings (SSSR count). The smallest absolute Gasteiger partial charge is 0.159 e. The Morgan fingerprint density at radius 2 is 2.00 bits per heavy atom. The molecule has 1 atom stereocenters. The van der Waals surface area contributed by atoms with Crippen LogP contribution >= 0.6 is 0 Å². The van der Waals surface area contributed by atoms with Crippen LogP contribution in [0.15, 0.2) is 36.7 Å². The van der Waals surface area contributed by atoms with Crippen LogP contribution in [0, 0.1) is 11.6 Å². The van der Waals surface area contributed by atoms with Gasteiger partial charge in [-0.25, -0.2) is 8.78 Å². The summed E-state index contributed by atoms with van der Waals surface area (Å²) in [4.78, 5) is 3.93. The third-order valence-corrected chi connectivity index (χ3v) is 2.77. The molecule has 1 unspecified atom stereocenters. The number of aliphatic hydroxyl groups excluding tert-OH is 1. The van der Waals surface area contributed by atoms with Gasteiger partial charge in [-0.15, -0.1) is 0 Å². The SMILES string of the molecule is COc1cncc(C(O)Cc2ccc(F)c(F)c2)c1. The lowest BCUT2D eigenvalue weighted by molar-refractivity contribution is 0.177. The topological polar surface area (TPSA) is 42.4 Å². The number of halogens is 2. The summed E-state index contributed by atoms with van der Waals surface area (Å²) in [7, 11) is 1.50. The molecular formula is C14H13F2NO2. The quantitative estimate of drug-likeness (QED) is 0.924. The first-order valence-electron chi connectivity index (χ1n) is 5.71. The fraction of sp³-hybridized carbons (Fsp3) is 0.214. The molecule has 0 bridgehead atoms. The van der Waals surface area contributed by atoms with E-state index < -0.39 is 17.7 Å². The number of ether oxygens (including phenoxy) is 1. The molecule has 1 N–H and O–H groups in total. The molecule has 5 heteroatoms. The lowest BCUT2D eigenvalue weighted by atomic mass is 10.0. The van der Waals surface area contributed by atoms with Gasteiger partial charge in [-0.3, -0.25) is 4.98 Å². The fourth-order valence-electron chi connectivity index (χ4n) is 1.74. The molecule has 1 aromatic heterocycles. The minimum absolute atomic E-state index is 0.173. The van der Waals surface area contributed by atoms with Crippen molar-refractivity contribution in [3.8, 4) is 5.75 Å². The molecule has 3 nitrogen and oxygen atoms in total. The zero-order valence-corrected chi connectivity index (χ0v) is 10.3. The Bertz CT molecular complexity index is 575. The largest absolute Gasteiger partial charge is 0.495 e. The van der Waals surface area contributed by atoms with Crippen molar-refractivity contribution in [1.29, 1.82) is 0 Å². The van der Waals surface area contributed by atoms with Gasteiger partial charge in [0.05, 0.1) is 19.4 Å². The third kappa shape index (κ3) is 3.26. The Labute approximate surface area is 109 Å². The summed E-state index contributed by atoms with van der Waals surface area (Å²) in [6.07, 6.45) is 2.35. The van der Waals surface area contributed by atoms with E-state index in [0.29, 0.717) is 16.9 Å². The molecule has 2 aromatic rings. The van der Waals surface area contributed by atoms with Crippen molar-refractivity contribution >= 4 is 0 Å². The van der Waals surface area contributed by atoms with Crippen LogP contribution in [0.1, 0.15) is 17.2 Å². The van der Waals surface area contributed by atoms with Crippen LogP contribution in [0.2, 0.25) is 0 Å². The van der Waals surface area contributed by atoms with Crippen LogP contribution in [0.3, 0.4) is 0 Å². The summed E-state index contributed by atoms with van der Waals surface area (Å²) in [6, 6.07) is 5.21. The van der Waals surface area contributed by atoms with Gasteiger partial charge < -0.3 is 9.84 Å². The highest BCUT2D eigenvalue weighted by Crippen LogP contribution is 2.21. The molecule has 0 amide bonds. The number of nitrogens with zero attached hydrogens (tertiary/aromatic N) is 1. The summed E-state index contributed by atoms with van der Waals surface area (Å²) in [5.41, 5.74) is 1.07. The number of pyridine rings is 1. The molecule has 0 saturated carbocycles. The van der Waals surface area contributed by atoms with Gasteiger partial charge in [0.2, 0.25) is 0 Å². The van der Waals surface area contributed by atoms with Crippen molar-refractivity contribution in [1.82, 2.24) is 4.98 Å². The summed E-state index contributed by atoms with van der Waals surface area (Å²) in [5, 5.41) is 10.0. The zero-order valence-electron chi connectivity index (χ0n) is 10.3. The van der Waals surface area contributed by atoms with E-state index in [4.69, 9.17) is 4.74 Å². The van der Waals surface area contributed by atoms with Gasteiger partial charge in [0.25, 0.3) is 0 Å². The lowest BCUT2D eigenvalue weighted by Gasteiger charge is -2.12. The molecule has 1 heterocycles.